The second kappa shape index (κ2) is 27.6. The van der Waals surface area contributed by atoms with Gasteiger partial charge in [0.25, 0.3) is 0 Å². The number of benzene rings is 1. The third-order valence-corrected chi connectivity index (χ3v) is 8.75. The van der Waals surface area contributed by atoms with E-state index in [9.17, 15) is 9.59 Å². The van der Waals surface area contributed by atoms with E-state index in [1.165, 1.54) is 6.42 Å². The van der Waals surface area contributed by atoms with Crippen molar-refractivity contribution in [1.82, 2.24) is 10.6 Å². The Labute approximate surface area is 274 Å². The van der Waals surface area contributed by atoms with Gasteiger partial charge in [0.15, 0.2) is 0 Å². The number of unbranched alkanes of at least 4 members (excludes halogenated alkanes) is 1. The van der Waals surface area contributed by atoms with Gasteiger partial charge in [0.05, 0.1) is 33.0 Å². The SMILES string of the molecule is CC(C)C#CCNC(=O)NCCCCO[C@H](C)SSc1ccc(CC(=O)CCCOCCOCCOCCCC(C)C)cc1. The first-order valence-corrected chi connectivity index (χ1v) is 18.3. The van der Waals surface area contributed by atoms with Gasteiger partial charge in [0.2, 0.25) is 0 Å². The minimum Gasteiger partial charge on any atom is -0.379 e. The molecule has 1 aromatic rings. The number of amides is 2. The van der Waals surface area contributed by atoms with Crippen LogP contribution in [0, 0.1) is 23.7 Å². The molecule has 250 valence electrons. The number of Topliss-reactive ketones (excluding diaryl/α,β-unsaturated/α-hetero) is 1. The summed E-state index contributed by atoms with van der Waals surface area (Å²) in [4.78, 5) is 25.2. The van der Waals surface area contributed by atoms with E-state index >= 15 is 0 Å². The van der Waals surface area contributed by atoms with Crippen LogP contribution in [0.1, 0.15) is 78.7 Å². The van der Waals surface area contributed by atoms with Gasteiger partial charge in [-0.15, -0.1) is 0 Å². The first-order valence-electron chi connectivity index (χ1n) is 16.0. The number of urea groups is 1. The Balaban J connectivity index is 2.00. The summed E-state index contributed by atoms with van der Waals surface area (Å²) >= 11 is 0. The maximum Gasteiger partial charge on any atom is 0.315 e. The lowest BCUT2D eigenvalue weighted by Gasteiger charge is -2.12. The standard InChI is InChI=1S/C34H56N2O6S2/c1-28(2)11-8-19-36-34(38)35-18-6-7-22-42-30(5)43-44-33-16-14-31(15-17-33)27-32(37)13-10-21-40-24-26-41-25-23-39-20-9-12-29(3)4/h14-17,28-30H,6-7,9-10,12-13,18-27H2,1-5H3,(H2,35,36,38)/t30-/m0/s1. The fraction of sp³-hybridized carbons (Fsp3) is 0.706. The average Bonchev–Trinajstić information content (AvgIpc) is 2.98. The minimum atomic E-state index is -0.188. The van der Waals surface area contributed by atoms with Gasteiger partial charge >= 0.3 is 6.03 Å². The molecule has 2 amide bonds. The molecule has 0 unspecified atom stereocenters. The topological polar surface area (TPSA) is 95.1 Å². The van der Waals surface area contributed by atoms with Crippen LogP contribution in [0.15, 0.2) is 29.2 Å². The van der Waals surface area contributed by atoms with Crippen LogP contribution in [-0.2, 0) is 30.2 Å². The molecule has 0 aromatic heterocycles. The number of nitrogens with one attached hydrogen (secondary N) is 2. The highest BCUT2D eigenvalue weighted by atomic mass is 33.1. The Morgan fingerprint density at radius 3 is 2.11 bits per heavy atom. The Bertz CT molecular complexity index is 934. The van der Waals surface area contributed by atoms with Crippen molar-refractivity contribution in [3.8, 4) is 11.8 Å². The van der Waals surface area contributed by atoms with Crippen molar-refractivity contribution in [3.63, 3.8) is 0 Å². The van der Waals surface area contributed by atoms with Gasteiger partial charge in [0.1, 0.15) is 11.2 Å². The van der Waals surface area contributed by atoms with Crippen LogP contribution in [0.4, 0.5) is 4.79 Å². The molecular formula is C34H56N2O6S2. The van der Waals surface area contributed by atoms with E-state index in [1.807, 2.05) is 32.9 Å². The van der Waals surface area contributed by atoms with E-state index in [4.69, 9.17) is 18.9 Å². The molecular weight excluding hydrogens is 597 g/mol. The Morgan fingerprint density at radius 2 is 1.45 bits per heavy atom. The molecule has 0 bridgehead atoms. The number of ether oxygens (including phenoxy) is 4. The lowest BCUT2D eigenvalue weighted by Crippen LogP contribution is -2.36. The third kappa shape index (κ3) is 25.6. The first-order chi connectivity index (χ1) is 21.3. The van der Waals surface area contributed by atoms with E-state index in [0.717, 1.165) is 48.7 Å². The van der Waals surface area contributed by atoms with Crippen LogP contribution < -0.4 is 10.6 Å². The minimum absolute atomic E-state index is 0.0456. The highest BCUT2D eigenvalue weighted by molar-refractivity contribution is 8.76. The molecule has 8 nitrogen and oxygen atoms in total. The van der Waals surface area contributed by atoms with Crippen molar-refractivity contribution in [2.45, 2.75) is 89.9 Å². The summed E-state index contributed by atoms with van der Waals surface area (Å²) in [5, 5.41) is 5.56. The number of carbonyl (C=O) groups excluding carboxylic acids is 2. The number of ketones is 1. The van der Waals surface area contributed by atoms with E-state index < -0.39 is 0 Å². The normalized spacial score (nSPS) is 11.8. The number of rotatable bonds is 26. The maximum absolute atomic E-state index is 12.4. The fourth-order valence-corrected chi connectivity index (χ4v) is 5.64. The van der Waals surface area contributed by atoms with Crippen LogP contribution in [0.25, 0.3) is 0 Å². The molecule has 0 saturated carbocycles. The van der Waals surface area contributed by atoms with Crippen molar-refractivity contribution in [2.75, 3.05) is 59.3 Å². The summed E-state index contributed by atoms with van der Waals surface area (Å²) in [6.07, 6.45) is 5.71. The fourth-order valence-electron chi connectivity index (χ4n) is 3.76. The van der Waals surface area contributed by atoms with Crippen molar-refractivity contribution >= 4 is 33.4 Å². The first kappa shape index (κ1) is 40.3. The summed E-state index contributed by atoms with van der Waals surface area (Å²) in [6.45, 7) is 15.8. The van der Waals surface area contributed by atoms with Gasteiger partial charge in [-0.3, -0.25) is 4.79 Å². The van der Waals surface area contributed by atoms with Crippen molar-refractivity contribution in [2.24, 2.45) is 11.8 Å². The zero-order valence-electron chi connectivity index (χ0n) is 27.6. The molecule has 1 rings (SSSR count). The summed E-state index contributed by atoms with van der Waals surface area (Å²) in [5.74, 6) is 7.19. The molecule has 1 atom stereocenters. The highest BCUT2D eigenvalue weighted by Crippen LogP contribution is 2.35. The second-order valence-electron chi connectivity index (χ2n) is 11.2. The highest BCUT2D eigenvalue weighted by Gasteiger charge is 2.07. The molecule has 0 aliphatic rings. The van der Waals surface area contributed by atoms with Gasteiger partial charge in [0, 0.05) is 50.0 Å². The van der Waals surface area contributed by atoms with Gasteiger partial charge in [-0.05, 0) is 62.6 Å². The van der Waals surface area contributed by atoms with Gasteiger partial charge in [-0.2, -0.15) is 0 Å². The van der Waals surface area contributed by atoms with Crippen molar-refractivity contribution in [3.05, 3.63) is 29.8 Å². The number of hydrogen-bond donors (Lipinski definition) is 2. The van der Waals surface area contributed by atoms with Crippen molar-refractivity contribution < 1.29 is 28.5 Å². The molecule has 0 fully saturated rings. The largest absolute Gasteiger partial charge is 0.379 e. The molecule has 0 saturated heterocycles. The van der Waals surface area contributed by atoms with Crippen LogP contribution in [0.3, 0.4) is 0 Å². The quantitative estimate of drug-likeness (QED) is 0.0483. The third-order valence-electron chi connectivity index (χ3n) is 6.10. The van der Waals surface area contributed by atoms with Crippen LogP contribution >= 0.6 is 21.6 Å². The van der Waals surface area contributed by atoms with Gasteiger partial charge in [-0.25, -0.2) is 4.79 Å². The van der Waals surface area contributed by atoms with Gasteiger partial charge in [-0.1, -0.05) is 73.3 Å². The number of carbonyl (C=O) groups is 2. The maximum atomic E-state index is 12.4. The smallest absolute Gasteiger partial charge is 0.315 e. The lowest BCUT2D eigenvalue weighted by molar-refractivity contribution is -0.118. The Hall–Kier alpha value is -1.74. The summed E-state index contributed by atoms with van der Waals surface area (Å²) in [5.41, 5.74) is 1.07. The predicted molar refractivity (Wildman–Crippen MR) is 183 cm³/mol. The molecule has 44 heavy (non-hydrogen) atoms. The monoisotopic (exact) mass is 652 g/mol. The van der Waals surface area contributed by atoms with Crippen molar-refractivity contribution in [1.29, 1.82) is 0 Å². The Kier molecular flexibility index (Phi) is 25.2. The second-order valence-corrected chi connectivity index (χ2v) is 13.8. The predicted octanol–water partition coefficient (Wildman–Crippen LogP) is 6.91. The van der Waals surface area contributed by atoms with E-state index in [1.54, 1.807) is 21.6 Å². The van der Waals surface area contributed by atoms with Crippen LogP contribution in [-0.4, -0.2) is 76.6 Å². The van der Waals surface area contributed by atoms with Crippen LogP contribution in [0.5, 0.6) is 0 Å². The zero-order chi connectivity index (χ0) is 32.3. The lowest BCUT2D eigenvalue weighted by atomic mass is 10.1. The molecule has 0 heterocycles. The summed E-state index contributed by atoms with van der Waals surface area (Å²) < 4.78 is 22.5. The molecule has 10 heteroatoms. The van der Waals surface area contributed by atoms with Crippen LogP contribution in [0.2, 0.25) is 0 Å². The summed E-state index contributed by atoms with van der Waals surface area (Å²) in [6, 6.07) is 7.96. The van der Waals surface area contributed by atoms with Gasteiger partial charge < -0.3 is 29.6 Å². The molecule has 2 N–H and O–H groups in total. The van der Waals surface area contributed by atoms with E-state index in [0.29, 0.717) is 71.5 Å². The Morgan fingerprint density at radius 1 is 0.795 bits per heavy atom. The molecule has 0 aliphatic carbocycles. The molecule has 0 radical (unpaired) electrons. The molecule has 0 spiro atoms. The molecule has 0 aliphatic heterocycles. The van der Waals surface area contributed by atoms with E-state index in [-0.39, 0.29) is 17.3 Å². The number of hydrogen-bond acceptors (Lipinski definition) is 8. The summed E-state index contributed by atoms with van der Waals surface area (Å²) in [7, 11) is 3.33. The molecule has 1 aromatic carbocycles. The van der Waals surface area contributed by atoms with E-state index in [2.05, 4.69) is 48.5 Å². The average molecular weight is 653 g/mol. The zero-order valence-corrected chi connectivity index (χ0v) is 29.3.